The Morgan fingerprint density at radius 3 is 2.80 bits per heavy atom. The average Bonchev–Trinajstić information content (AvgIpc) is 2.87. The summed E-state index contributed by atoms with van der Waals surface area (Å²) in [6.07, 6.45) is 5.22. The van der Waals surface area contributed by atoms with Gasteiger partial charge in [0.1, 0.15) is 5.92 Å². The Kier molecular flexibility index (Phi) is 4.35. The van der Waals surface area contributed by atoms with Gasteiger partial charge in [-0.2, -0.15) is 0 Å². The number of hydrogen-bond acceptors (Lipinski definition) is 3. The number of para-hydroxylation sites is 1. The fraction of sp³-hybridized carbons (Fsp3) is 0.250. The third-order valence-corrected chi connectivity index (χ3v) is 3.26. The molecular weight excluding hydrogens is 254 g/mol. The maximum absolute atomic E-state index is 12.0. The second-order valence-corrected chi connectivity index (χ2v) is 4.54. The van der Waals surface area contributed by atoms with E-state index in [0.717, 1.165) is 16.5 Å². The molecule has 1 aromatic carbocycles. The second kappa shape index (κ2) is 6.19. The highest BCUT2D eigenvalue weighted by Crippen LogP contribution is 2.22. The first kappa shape index (κ1) is 14.1. The zero-order valence-corrected chi connectivity index (χ0v) is 11.6. The van der Waals surface area contributed by atoms with E-state index >= 15 is 0 Å². The summed E-state index contributed by atoms with van der Waals surface area (Å²) in [6, 6.07) is 7.79. The van der Waals surface area contributed by atoms with E-state index in [9.17, 15) is 9.59 Å². The number of allylic oxidation sites excluding steroid dienone is 2. The lowest BCUT2D eigenvalue weighted by molar-refractivity contribution is -0.148. The molecule has 0 aliphatic carbocycles. The number of hydrogen-bond donors (Lipinski definition) is 1. The van der Waals surface area contributed by atoms with Gasteiger partial charge in [0.05, 0.1) is 7.11 Å². The summed E-state index contributed by atoms with van der Waals surface area (Å²) in [4.78, 5) is 27.0. The highest BCUT2D eigenvalue weighted by molar-refractivity contribution is 6.05. The summed E-state index contributed by atoms with van der Waals surface area (Å²) in [5, 5.41) is 1.02. The number of methoxy groups -OCH3 is 1. The van der Waals surface area contributed by atoms with Gasteiger partial charge in [0.15, 0.2) is 5.78 Å². The van der Waals surface area contributed by atoms with Gasteiger partial charge in [-0.25, -0.2) is 0 Å². The number of aromatic amines is 1. The van der Waals surface area contributed by atoms with E-state index in [1.165, 1.54) is 13.2 Å². The summed E-state index contributed by atoms with van der Waals surface area (Å²) in [7, 11) is 1.30. The quantitative estimate of drug-likeness (QED) is 0.516. The number of carbonyl (C=O) groups excluding carboxylic acids is 2. The molecule has 2 aromatic rings. The van der Waals surface area contributed by atoms with Gasteiger partial charge in [-0.3, -0.25) is 9.59 Å². The molecule has 0 saturated carbocycles. The van der Waals surface area contributed by atoms with Crippen LogP contribution in [0.15, 0.2) is 42.6 Å². The highest BCUT2D eigenvalue weighted by atomic mass is 16.5. The van der Waals surface area contributed by atoms with Crippen LogP contribution in [-0.4, -0.2) is 23.8 Å². The minimum absolute atomic E-state index is 0.232. The molecular formula is C16H17NO3. The van der Waals surface area contributed by atoms with Gasteiger partial charge in [0.25, 0.3) is 0 Å². The summed E-state index contributed by atoms with van der Waals surface area (Å²) >= 11 is 0. The van der Waals surface area contributed by atoms with Crippen LogP contribution in [0.1, 0.15) is 12.5 Å². The van der Waals surface area contributed by atoms with Crippen molar-refractivity contribution in [1.82, 2.24) is 4.98 Å². The van der Waals surface area contributed by atoms with Crippen LogP contribution in [0.4, 0.5) is 0 Å². The van der Waals surface area contributed by atoms with E-state index < -0.39 is 11.9 Å². The molecule has 1 atom stereocenters. The van der Waals surface area contributed by atoms with Crippen molar-refractivity contribution in [3.63, 3.8) is 0 Å². The maximum atomic E-state index is 12.0. The van der Waals surface area contributed by atoms with E-state index in [4.69, 9.17) is 4.74 Å². The minimum atomic E-state index is -0.796. The second-order valence-electron chi connectivity index (χ2n) is 4.54. The van der Waals surface area contributed by atoms with Crippen molar-refractivity contribution >= 4 is 22.7 Å². The molecule has 0 bridgehead atoms. The number of fused-ring (bicyclic) bond motifs is 1. The molecule has 1 unspecified atom stereocenters. The molecule has 0 aliphatic heterocycles. The van der Waals surface area contributed by atoms with Crippen LogP contribution in [0.3, 0.4) is 0 Å². The van der Waals surface area contributed by atoms with Gasteiger partial charge >= 0.3 is 5.97 Å². The number of carbonyl (C=O) groups is 2. The molecule has 0 saturated heterocycles. The zero-order chi connectivity index (χ0) is 14.5. The molecule has 1 aromatic heterocycles. The summed E-state index contributed by atoms with van der Waals surface area (Å²) < 4.78 is 4.74. The molecule has 0 spiro atoms. The highest BCUT2D eigenvalue weighted by Gasteiger charge is 2.26. The number of H-pyrrole nitrogens is 1. The molecule has 4 nitrogen and oxygen atoms in total. The molecule has 2 rings (SSSR count). The van der Waals surface area contributed by atoms with Gasteiger partial charge in [0.2, 0.25) is 0 Å². The fourth-order valence-corrected chi connectivity index (χ4v) is 2.24. The molecule has 20 heavy (non-hydrogen) atoms. The van der Waals surface area contributed by atoms with Crippen LogP contribution in [0.2, 0.25) is 0 Å². The van der Waals surface area contributed by atoms with Crippen LogP contribution in [0.25, 0.3) is 10.9 Å². The Bertz CT molecular complexity index is 655. The molecule has 1 heterocycles. The largest absolute Gasteiger partial charge is 0.468 e. The first-order valence-corrected chi connectivity index (χ1v) is 6.46. The van der Waals surface area contributed by atoms with Crippen molar-refractivity contribution in [3.8, 4) is 0 Å². The first-order valence-electron chi connectivity index (χ1n) is 6.46. The number of benzene rings is 1. The molecule has 104 valence electrons. The SMILES string of the molecule is C/C=C/C(=O)C(Cc1c[nH]c2ccccc12)C(=O)OC. The number of ether oxygens (including phenoxy) is 1. The third-order valence-electron chi connectivity index (χ3n) is 3.26. The average molecular weight is 271 g/mol. The Hall–Kier alpha value is -2.36. The van der Waals surface area contributed by atoms with Crippen LogP contribution >= 0.6 is 0 Å². The van der Waals surface area contributed by atoms with Gasteiger partial charge in [-0.1, -0.05) is 24.3 Å². The number of nitrogens with one attached hydrogen (secondary N) is 1. The molecule has 1 N–H and O–H groups in total. The lowest BCUT2D eigenvalue weighted by Gasteiger charge is -2.11. The number of esters is 1. The molecule has 4 heteroatoms. The van der Waals surface area contributed by atoms with Crippen molar-refractivity contribution in [1.29, 1.82) is 0 Å². The Morgan fingerprint density at radius 1 is 1.35 bits per heavy atom. The lowest BCUT2D eigenvalue weighted by Crippen LogP contribution is -2.26. The zero-order valence-electron chi connectivity index (χ0n) is 11.6. The summed E-state index contributed by atoms with van der Waals surface area (Å²) in [5.41, 5.74) is 1.93. The van der Waals surface area contributed by atoms with E-state index in [2.05, 4.69) is 4.98 Å². The Balaban J connectivity index is 2.32. The lowest BCUT2D eigenvalue weighted by atomic mass is 9.94. The predicted molar refractivity (Wildman–Crippen MR) is 77.3 cm³/mol. The van der Waals surface area contributed by atoms with Crippen LogP contribution < -0.4 is 0 Å². The van der Waals surface area contributed by atoms with Crippen molar-refractivity contribution in [2.45, 2.75) is 13.3 Å². The van der Waals surface area contributed by atoms with Gasteiger partial charge in [-0.05, 0) is 31.1 Å². The van der Waals surface area contributed by atoms with E-state index in [0.29, 0.717) is 6.42 Å². The van der Waals surface area contributed by atoms with Crippen LogP contribution in [0, 0.1) is 5.92 Å². The maximum Gasteiger partial charge on any atom is 0.316 e. The van der Waals surface area contributed by atoms with Crippen molar-refractivity contribution in [3.05, 3.63) is 48.2 Å². The summed E-state index contributed by atoms with van der Waals surface area (Å²) in [6.45, 7) is 1.75. The monoisotopic (exact) mass is 271 g/mol. The van der Waals surface area contributed by atoms with Crippen molar-refractivity contribution in [2.75, 3.05) is 7.11 Å². The van der Waals surface area contributed by atoms with Crippen molar-refractivity contribution < 1.29 is 14.3 Å². The third kappa shape index (κ3) is 2.79. The molecule has 0 radical (unpaired) electrons. The van der Waals surface area contributed by atoms with Crippen LogP contribution in [0.5, 0.6) is 0 Å². The Morgan fingerprint density at radius 2 is 2.10 bits per heavy atom. The Labute approximate surface area is 117 Å². The normalized spacial score (nSPS) is 12.7. The van der Waals surface area contributed by atoms with Gasteiger partial charge < -0.3 is 9.72 Å². The first-order chi connectivity index (χ1) is 9.67. The van der Waals surface area contributed by atoms with Gasteiger partial charge in [-0.15, -0.1) is 0 Å². The van der Waals surface area contributed by atoms with E-state index in [1.807, 2.05) is 30.5 Å². The molecule has 0 fully saturated rings. The van der Waals surface area contributed by atoms with Gasteiger partial charge in [0, 0.05) is 17.1 Å². The van der Waals surface area contributed by atoms with Crippen molar-refractivity contribution in [2.24, 2.45) is 5.92 Å². The predicted octanol–water partition coefficient (Wildman–Crippen LogP) is 2.64. The number of aromatic nitrogens is 1. The number of ketones is 1. The topological polar surface area (TPSA) is 59.2 Å². The fourth-order valence-electron chi connectivity index (χ4n) is 2.24. The standard InChI is InChI=1S/C16H17NO3/c1-3-6-15(18)13(16(19)20-2)9-11-10-17-14-8-5-4-7-12(11)14/h3-8,10,13,17H,9H2,1-2H3/b6-3+. The number of rotatable bonds is 5. The smallest absolute Gasteiger partial charge is 0.316 e. The minimum Gasteiger partial charge on any atom is -0.468 e. The van der Waals surface area contributed by atoms with E-state index in [1.54, 1.807) is 13.0 Å². The van der Waals surface area contributed by atoms with Crippen LogP contribution in [-0.2, 0) is 20.7 Å². The molecule has 0 amide bonds. The van der Waals surface area contributed by atoms with E-state index in [-0.39, 0.29) is 5.78 Å². The summed E-state index contributed by atoms with van der Waals surface area (Å²) in [5.74, 6) is -1.53. The molecule has 0 aliphatic rings.